The molecule has 3 nitrogen and oxygen atoms in total. The number of carbonyl (C=O) groups is 1. The van der Waals surface area contributed by atoms with Gasteiger partial charge in [-0.25, -0.2) is 0 Å². The van der Waals surface area contributed by atoms with E-state index in [4.69, 9.17) is 9.84 Å². The smallest absolute Gasteiger partial charge is 0.421 e. The summed E-state index contributed by atoms with van der Waals surface area (Å²) in [5.74, 6) is -1.49. The van der Waals surface area contributed by atoms with Gasteiger partial charge in [-0.3, -0.25) is 4.79 Å². The van der Waals surface area contributed by atoms with Gasteiger partial charge in [-0.2, -0.15) is 13.2 Å². The minimum atomic E-state index is -4.51. The fourth-order valence-electron chi connectivity index (χ4n) is 2.48. The molecule has 1 aromatic rings. The zero-order chi connectivity index (χ0) is 15.6. The van der Waals surface area contributed by atoms with Gasteiger partial charge in [-0.1, -0.05) is 22.0 Å². The number of alkyl halides is 3. The highest BCUT2D eigenvalue weighted by molar-refractivity contribution is 9.10. The van der Waals surface area contributed by atoms with Gasteiger partial charge in [0.25, 0.3) is 0 Å². The largest absolute Gasteiger partial charge is 0.490 e. The summed E-state index contributed by atoms with van der Waals surface area (Å²) in [5.41, 5.74) is -0.828. The van der Waals surface area contributed by atoms with Crippen molar-refractivity contribution in [2.45, 2.75) is 38.0 Å². The second-order valence-corrected chi connectivity index (χ2v) is 5.89. The molecule has 0 bridgehead atoms. The van der Waals surface area contributed by atoms with Crippen molar-refractivity contribution >= 4 is 21.9 Å². The Morgan fingerprint density at radius 1 is 1.24 bits per heavy atom. The number of carboxylic acid groups (broad SMARTS) is 1. The van der Waals surface area contributed by atoms with Crippen LogP contribution in [0, 0.1) is 5.92 Å². The molecule has 7 heteroatoms. The van der Waals surface area contributed by atoms with Crippen molar-refractivity contribution in [1.29, 1.82) is 0 Å². The minimum absolute atomic E-state index is 0.0632. The number of carboxylic acids is 1. The molecule has 1 aliphatic rings. The first-order valence-electron chi connectivity index (χ1n) is 6.54. The molecule has 21 heavy (non-hydrogen) atoms. The maximum absolute atomic E-state index is 13.0. The van der Waals surface area contributed by atoms with Crippen molar-refractivity contribution in [3.8, 4) is 5.75 Å². The minimum Gasteiger partial charge on any atom is -0.490 e. The molecular weight excluding hydrogens is 353 g/mol. The van der Waals surface area contributed by atoms with E-state index in [0.717, 1.165) is 0 Å². The van der Waals surface area contributed by atoms with Gasteiger partial charge >= 0.3 is 12.1 Å². The number of rotatable bonds is 3. The molecule has 1 saturated carbocycles. The van der Waals surface area contributed by atoms with E-state index in [1.54, 1.807) is 0 Å². The molecule has 0 unspecified atom stereocenters. The third kappa shape index (κ3) is 3.90. The van der Waals surface area contributed by atoms with Crippen molar-refractivity contribution in [3.05, 3.63) is 28.2 Å². The number of hydrogen-bond donors (Lipinski definition) is 1. The topological polar surface area (TPSA) is 46.5 Å². The lowest BCUT2D eigenvalue weighted by atomic mass is 9.87. The van der Waals surface area contributed by atoms with Gasteiger partial charge < -0.3 is 9.84 Å². The van der Waals surface area contributed by atoms with E-state index in [9.17, 15) is 18.0 Å². The molecule has 0 saturated heterocycles. The van der Waals surface area contributed by atoms with E-state index >= 15 is 0 Å². The summed E-state index contributed by atoms with van der Waals surface area (Å²) < 4.78 is 44.5. The first-order chi connectivity index (χ1) is 9.79. The van der Waals surface area contributed by atoms with Gasteiger partial charge in [0, 0.05) is 4.47 Å². The van der Waals surface area contributed by atoms with Crippen molar-refractivity contribution in [1.82, 2.24) is 0 Å². The van der Waals surface area contributed by atoms with Crippen LogP contribution in [0.25, 0.3) is 0 Å². The van der Waals surface area contributed by atoms with Crippen LogP contribution in [-0.2, 0) is 11.0 Å². The molecule has 0 radical (unpaired) electrons. The standard InChI is InChI=1S/C14H14BrF3O3/c15-10-2-1-3-11(12(10)14(16,17)18)21-9-6-4-8(5-7-9)13(19)20/h1-3,8-9H,4-7H2,(H,19,20)/t8-,9-. The zero-order valence-electron chi connectivity index (χ0n) is 11.0. The molecule has 0 aromatic heterocycles. The van der Waals surface area contributed by atoms with Crippen LogP contribution in [-0.4, -0.2) is 17.2 Å². The van der Waals surface area contributed by atoms with E-state index in [1.165, 1.54) is 18.2 Å². The Kier molecular flexibility index (Phi) is 4.81. The molecule has 1 aromatic carbocycles. The second kappa shape index (κ2) is 6.25. The lowest BCUT2D eigenvalue weighted by Crippen LogP contribution is -2.28. The molecule has 0 spiro atoms. The van der Waals surface area contributed by atoms with Gasteiger partial charge in [0.2, 0.25) is 0 Å². The fourth-order valence-corrected chi connectivity index (χ4v) is 3.06. The first kappa shape index (κ1) is 16.1. The van der Waals surface area contributed by atoms with Crippen LogP contribution in [0.3, 0.4) is 0 Å². The highest BCUT2D eigenvalue weighted by Crippen LogP contribution is 2.42. The molecule has 116 valence electrons. The highest BCUT2D eigenvalue weighted by Gasteiger charge is 2.37. The number of ether oxygens (including phenoxy) is 1. The average molecular weight is 367 g/mol. The lowest BCUT2D eigenvalue weighted by molar-refractivity contribution is -0.143. The maximum atomic E-state index is 13.0. The first-order valence-corrected chi connectivity index (χ1v) is 7.33. The van der Waals surface area contributed by atoms with Gasteiger partial charge in [0.15, 0.2) is 0 Å². The van der Waals surface area contributed by atoms with Gasteiger partial charge in [-0.15, -0.1) is 0 Å². The van der Waals surface area contributed by atoms with Crippen molar-refractivity contribution in [2.24, 2.45) is 5.92 Å². The number of aliphatic carboxylic acids is 1. The average Bonchev–Trinajstić information content (AvgIpc) is 2.37. The molecule has 1 fully saturated rings. The SMILES string of the molecule is O=C(O)[C@H]1CC[C@H](Oc2cccc(Br)c2C(F)(F)F)CC1. The van der Waals surface area contributed by atoms with Crippen molar-refractivity contribution in [3.63, 3.8) is 0 Å². The van der Waals surface area contributed by atoms with E-state index in [0.29, 0.717) is 25.7 Å². The maximum Gasteiger partial charge on any atom is 0.421 e. The predicted octanol–water partition coefficient (Wildman–Crippen LogP) is 4.49. The molecular formula is C14H14BrF3O3. The van der Waals surface area contributed by atoms with Crippen LogP contribution in [0.4, 0.5) is 13.2 Å². The molecule has 1 aliphatic carbocycles. The summed E-state index contributed by atoms with van der Waals surface area (Å²) in [6.45, 7) is 0. The lowest BCUT2D eigenvalue weighted by Gasteiger charge is -2.28. The Labute approximate surface area is 128 Å². The van der Waals surface area contributed by atoms with Crippen LogP contribution in [0.1, 0.15) is 31.2 Å². The Bertz CT molecular complexity index is 523. The zero-order valence-corrected chi connectivity index (χ0v) is 12.6. The number of hydrogen-bond acceptors (Lipinski definition) is 2. The summed E-state index contributed by atoms with van der Waals surface area (Å²) in [6, 6.07) is 4.09. The van der Waals surface area contributed by atoms with Crippen LogP contribution in [0.2, 0.25) is 0 Å². The normalized spacial score (nSPS) is 22.9. The Morgan fingerprint density at radius 2 is 1.86 bits per heavy atom. The Morgan fingerprint density at radius 3 is 2.38 bits per heavy atom. The summed E-state index contributed by atoms with van der Waals surface area (Å²) in [5, 5.41) is 8.91. The van der Waals surface area contributed by atoms with E-state index < -0.39 is 23.6 Å². The van der Waals surface area contributed by atoms with Crippen molar-refractivity contribution in [2.75, 3.05) is 0 Å². The van der Waals surface area contributed by atoms with Crippen LogP contribution in [0.5, 0.6) is 5.75 Å². The third-order valence-corrected chi connectivity index (χ3v) is 4.24. The van der Waals surface area contributed by atoms with Crippen LogP contribution in [0.15, 0.2) is 22.7 Å². The van der Waals surface area contributed by atoms with E-state index in [-0.39, 0.29) is 16.3 Å². The van der Waals surface area contributed by atoms with Crippen LogP contribution < -0.4 is 4.74 Å². The molecule has 0 heterocycles. The highest BCUT2D eigenvalue weighted by atomic mass is 79.9. The summed E-state index contributed by atoms with van der Waals surface area (Å²) in [6.07, 6.45) is -3.14. The van der Waals surface area contributed by atoms with Gasteiger partial charge in [0.05, 0.1) is 12.0 Å². The van der Waals surface area contributed by atoms with Gasteiger partial charge in [0.1, 0.15) is 11.3 Å². The Balaban J connectivity index is 2.11. The third-order valence-electron chi connectivity index (χ3n) is 3.58. The van der Waals surface area contributed by atoms with E-state index in [2.05, 4.69) is 15.9 Å². The summed E-state index contributed by atoms with van der Waals surface area (Å²) in [7, 11) is 0. The quantitative estimate of drug-likeness (QED) is 0.856. The number of benzene rings is 1. The van der Waals surface area contributed by atoms with Gasteiger partial charge in [-0.05, 0) is 37.8 Å². The molecule has 2 rings (SSSR count). The monoisotopic (exact) mass is 366 g/mol. The number of halogens is 4. The molecule has 1 N–H and O–H groups in total. The predicted molar refractivity (Wildman–Crippen MR) is 73.2 cm³/mol. The summed E-state index contributed by atoms with van der Waals surface area (Å²) >= 11 is 2.90. The van der Waals surface area contributed by atoms with Crippen LogP contribution >= 0.6 is 15.9 Å². The molecule has 0 atom stereocenters. The Hall–Kier alpha value is -1.24. The molecule has 0 amide bonds. The molecule has 0 aliphatic heterocycles. The summed E-state index contributed by atoms with van der Waals surface area (Å²) in [4.78, 5) is 10.9. The second-order valence-electron chi connectivity index (χ2n) is 5.04. The van der Waals surface area contributed by atoms with Crippen molar-refractivity contribution < 1.29 is 27.8 Å². The fraction of sp³-hybridized carbons (Fsp3) is 0.500. The van der Waals surface area contributed by atoms with E-state index in [1.807, 2.05) is 0 Å².